The largest absolute Gasteiger partial charge is 0.379 e. The molecule has 35 heavy (non-hydrogen) atoms. The Kier molecular flexibility index (Phi) is 7.07. The minimum atomic E-state index is -0.241. The number of nitrogens with zero attached hydrogens (tertiary/aromatic N) is 3. The summed E-state index contributed by atoms with van der Waals surface area (Å²) < 4.78 is 7.71. The van der Waals surface area contributed by atoms with Gasteiger partial charge in [-0.1, -0.05) is 24.3 Å². The highest BCUT2D eigenvalue weighted by Crippen LogP contribution is 2.26. The number of amides is 2. The van der Waals surface area contributed by atoms with E-state index in [1.165, 1.54) is 16.5 Å². The van der Waals surface area contributed by atoms with Gasteiger partial charge in [-0.3, -0.25) is 9.88 Å². The number of hydrogen-bond donors (Lipinski definition) is 2. The van der Waals surface area contributed by atoms with Crippen LogP contribution in [0.15, 0.2) is 73.1 Å². The first kappa shape index (κ1) is 23.1. The number of carbonyl (C=O) groups is 1. The van der Waals surface area contributed by atoms with Gasteiger partial charge in [0.05, 0.1) is 18.7 Å². The molecular formula is C28H31N5O2. The Hall–Kier alpha value is -3.68. The van der Waals surface area contributed by atoms with Crippen molar-refractivity contribution in [1.29, 1.82) is 0 Å². The van der Waals surface area contributed by atoms with Crippen molar-refractivity contribution >= 4 is 22.6 Å². The van der Waals surface area contributed by atoms with Gasteiger partial charge in [-0.25, -0.2) is 4.79 Å². The molecule has 2 aromatic heterocycles. The fourth-order valence-corrected chi connectivity index (χ4v) is 4.43. The number of rotatable bonds is 7. The summed E-state index contributed by atoms with van der Waals surface area (Å²) in [5, 5.41) is 7.07. The Labute approximate surface area is 205 Å². The molecule has 7 heteroatoms. The smallest absolute Gasteiger partial charge is 0.319 e. The van der Waals surface area contributed by atoms with E-state index >= 15 is 0 Å². The second-order valence-corrected chi connectivity index (χ2v) is 8.91. The molecule has 0 radical (unpaired) electrons. The van der Waals surface area contributed by atoms with E-state index < -0.39 is 0 Å². The zero-order chi connectivity index (χ0) is 24.0. The predicted octanol–water partition coefficient (Wildman–Crippen LogP) is 4.53. The van der Waals surface area contributed by atoms with E-state index in [0.717, 1.165) is 61.9 Å². The maximum absolute atomic E-state index is 12.3. The van der Waals surface area contributed by atoms with Crippen molar-refractivity contribution in [3.63, 3.8) is 0 Å². The molecule has 0 bridgehead atoms. The summed E-state index contributed by atoms with van der Waals surface area (Å²) in [6.07, 6.45) is 5.03. The van der Waals surface area contributed by atoms with Gasteiger partial charge in [0.1, 0.15) is 0 Å². The Balaban J connectivity index is 1.25. The highest BCUT2D eigenvalue weighted by Gasteiger charge is 2.14. The summed E-state index contributed by atoms with van der Waals surface area (Å²) in [6, 6.07) is 20.1. The van der Waals surface area contributed by atoms with Crippen LogP contribution in [0, 0.1) is 6.92 Å². The molecule has 1 aliphatic rings. The molecule has 2 N–H and O–H groups in total. The molecule has 1 aliphatic heterocycles. The molecule has 5 rings (SSSR count). The number of carbonyl (C=O) groups excluding carboxylic acids is 1. The number of anilines is 1. The number of hydrogen-bond acceptors (Lipinski definition) is 4. The first-order valence-electron chi connectivity index (χ1n) is 12.1. The Bertz CT molecular complexity index is 1280. The molecule has 0 unspecified atom stereocenters. The molecule has 180 valence electrons. The van der Waals surface area contributed by atoms with Gasteiger partial charge in [-0.15, -0.1) is 0 Å². The number of aromatic nitrogens is 2. The lowest BCUT2D eigenvalue weighted by Gasteiger charge is -2.26. The molecule has 2 amide bonds. The fraction of sp³-hybridized carbons (Fsp3) is 0.286. The van der Waals surface area contributed by atoms with Crippen molar-refractivity contribution < 1.29 is 9.53 Å². The number of urea groups is 1. The number of para-hydroxylation sites is 1. The highest BCUT2D eigenvalue weighted by molar-refractivity contribution is 5.89. The van der Waals surface area contributed by atoms with Crippen LogP contribution in [-0.2, 0) is 17.7 Å². The Morgan fingerprint density at radius 2 is 1.83 bits per heavy atom. The number of ether oxygens (including phenoxy) is 1. The van der Waals surface area contributed by atoms with Crippen molar-refractivity contribution in [2.75, 3.05) is 38.2 Å². The molecule has 4 aromatic rings. The van der Waals surface area contributed by atoms with Crippen molar-refractivity contribution in [2.45, 2.75) is 19.9 Å². The highest BCUT2D eigenvalue weighted by atomic mass is 16.5. The number of nitrogens with one attached hydrogen (secondary N) is 2. The zero-order valence-corrected chi connectivity index (χ0v) is 20.0. The molecule has 1 fully saturated rings. The fourth-order valence-electron chi connectivity index (χ4n) is 4.43. The van der Waals surface area contributed by atoms with E-state index in [0.29, 0.717) is 6.54 Å². The lowest BCUT2D eigenvalue weighted by Crippen LogP contribution is -2.37. The first-order chi connectivity index (χ1) is 17.2. The van der Waals surface area contributed by atoms with Crippen LogP contribution in [0.1, 0.15) is 16.8 Å². The molecule has 0 aliphatic carbocycles. The van der Waals surface area contributed by atoms with E-state index in [9.17, 15) is 4.79 Å². The van der Waals surface area contributed by atoms with Crippen molar-refractivity contribution in [3.05, 3.63) is 89.9 Å². The van der Waals surface area contributed by atoms with Crippen LogP contribution in [0.4, 0.5) is 10.5 Å². The van der Waals surface area contributed by atoms with Crippen LogP contribution in [0.25, 0.3) is 16.6 Å². The van der Waals surface area contributed by atoms with Crippen molar-refractivity contribution in [1.82, 2.24) is 19.8 Å². The van der Waals surface area contributed by atoms with Crippen LogP contribution < -0.4 is 10.6 Å². The van der Waals surface area contributed by atoms with Gasteiger partial charge in [0, 0.05) is 61.0 Å². The quantitative estimate of drug-likeness (QED) is 0.417. The predicted molar refractivity (Wildman–Crippen MR) is 139 cm³/mol. The molecular weight excluding hydrogens is 438 g/mol. The second kappa shape index (κ2) is 10.7. The lowest BCUT2D eigenvalue weighted by atomic mass is 10.1. The topological polar surface area (TPSA) is 71.4 Å². The summed E-state index contributed by atoms with van der Waals surface area (Å²) in [7, 11) is 0. The average molecular weight is 470 g/mol. The maximum Gasteiger partial charge on any atom is 0.319 e. The molecule has 0 spiro atoms. The average Bonchev–Trinajstić information content (AvgIpc) is 3.27. The van der Waals surface area contributed by atoms with Crippen molar-refractivity contribution in [3.8, 4) is 5.69 Å². The van der Waals surface area contributed by atoms with Crippen LogP contribution in [-0.4, -0.2) is 53.3 Å². The van der Waals surface area contributed by atoms with Gasteiger partial charge in [0.2, 0.25) is 0 Å². The SMILES string of the molecule is Cc1ccc(CNC(=O)Nc2ccc(-n3cc(CCN4CCOCC4)c4ccccc43)cc2)cn1. The summed E-state index contributed by atoms with van der Waals surface area (Å²) in [4.78, 5) is 19.1. The summed E-state index contributed by atoms with van der Waals surface area (Å²) in [5.74, 6) is 0. The summed E-state index contributed by atoms with van der Waals surface area (Å²) in [5.41, 5.74) is 6.27. The van der Waals surface area contributed by atoms with E-state index in [2.05, 4.69) is 55.5 Å². The normalized spacial score (nSPS) is 14.2. The Morgan fingerprint density at radius 3 is 2.60 bits per heavy atom. The number of benzene rings is 2. The number of pyridine rings is 1. The third kappa shape index (κ3) is 5.70. The van der Waals surface area contributed by atoms with Crippen LogP contribution in [0.2, 0.25) is 0 Å². The molecule has 2 aromatic carbocycles. The second-order valence-electron chi connectivity index (χ2n) is 8.91. The molecule has 7 nitrogen and oxygen atoms in total. The van der Waals surface area contributed by atoms with E-state index in [-0.39, 0.29) is 6.03 Å². The van der Waals surface area contributed by atoms with Crippen LogP contribution in [0.3, 0.4) is 0 Å². The molecule has 1 saturated heterocycles. The third-order valence-electron chi connectivity index (χ3n) is 6.42. The van der Waals surface area contributed by atoms with Gasteiger partial charge in [0.15, 0.2) is 0 Å². The maximum atomic E-state index is 12.3. The monoisotopic (exact) mass is 469 g/mol. The number of fused-ring (bicyclic) bond motifs is 1. The van der Waals surface area contributed by atoms with Gasteiger partial charge >= 0.3 is 6.03 Å². The van der Waals surface area contributed by atoms with Gasteiger partial charge in [0.25, 0.3) is 0 Å². The Morgan fingerprint density at radius 1 is 1.03 bits per heavy atom. The third-order valence-corrected chi connectivity index (χ3v) is 6.42. The minimum Gasteiger partial charge on any atom is -0.379 e. The van der Waals surface area contributed by atoms with Crippen molar-refractivity contribution in [2.24, 2.45) is 0 Å². The lowest BCUT2D eigenvalue weighted by molar-refractivity contribution is 0.0385. The van der Waals surface area contributed by atoms with Gasteiger partial charge < -0.3 is 19.9 Å². The first-order valence-corrected chi connectivity index (χ1v) is 12.1. The van der Waals surface area contributed by atoms with Gasteiger partial charge in [-0.05, 0) is 60.9 Å². The minimum absolute atomic E-state index is 0.241. The van der Waals surface area contributed by atoms with E-state index in [1.807, 2.05) is 43.3 Å². The van der Waals surface area contributed by atoms with Gasteiger partial charge in [-0.2, -0.15) is 0 Å². The standard InChI is InChI=1S/C28H31N5O2/c1-21-6-7-22(18-29-21)19-30-28(34)31-24-8-10-25(11-9-24)33-20-23(26-4-2-3-5-27(26)33)12-13-32-14-16-35-17-15-32/h2-11,18,20H,12-17,19H2,1H3,(H2,30,31,34). The molecule has 3 heterocycles. The zero-order valence-electron chi connectivity index (χ0n) is 20.0. The summed E-state index contributed by atoms with van der Waals surface area (Å²) in [6.45, 7) is 7.06. The van der Waals surface area contributed by atoms with Crippen LogP contribution in [0.5, 0.6) is 0 Å². The van der Waals surface area contributed by atoms with E-state index in [4.69, 9.17) is 4.74 Å². The molecule has 0 saturated carbocycles. The van der Waals surface area contributed by atoms with E-state index in [1.54, 1.807) is 6.20 Å². The molecule has 0 atom stereocenters. The summed E-state index contributed by atoms with van der Waals surface area (Å²) >= 11 is 0. The van der Waals surface area contributed by atoms with Crippen LogP contribution >= 0.6 is 0 Å². The number of aryl methyl sites for hydroxylation is 1. The number of morpholine rings is 1.